The van der Waals surface area contributed by atoms with Crippen molar-refractivity contribution in [3.05, 3.63) is 0 Å². The summed E-state index contributed by atoms with van der Waals surface area (Å²) in [4.78, 5) is 25.8. The molecule has 2 N–H and O–H groups in total. The van der Waals surface area contributed by atoms with Gasteiger partial charge in [-0.05, 0) is 104 Å². The average Bonchev–Trinajstić information content (AvgIpc) is 3.22. The number of carbonyl (C=O) groups is 2. The number of carbonyl (C=O) groups excluding carboxylic acids is 1. The van der Waals surface area contributed by atoms with Crippen LogP contribution in [0.1, 0.15) is 85.0 Å². The molecule has 0 spiro atoms. The first-order valence-corrected chi connectivity index (χ1v) is 16.0. The number of halogens is 2. The SMILES string of the molecule is C[C@H](CCC(=O)O)[C@H]1CC[C@H]2[C@@H]3CC[C@@H]4C[C@H](OC(=O)CN(CCCl)CCCl)CC[C@]4(C)[C@H]3C[C@H](O)[C@]12C. The van der Waals surface area contributed by atoms with Crippen molar-refractivity contribution >= 4 is 35.1 Å². The lowest BCUT2D eigenvalue weighted by Gasteiger charge is -2.62. The molecule has 38 heavy (non-hydrogen) atoms. The van der Waals surface area contributed by atoms with Gasteiger partial charge in [-0.1, -0.05) is 20.8 Å². The third kappa shape index (κ3) is 5.90. The van der Waals surface area contributed by atoms with Crippen molar-refractivity contribution in [2.24, 2.45) is 46.3 Å². The second-order valence-corrected chi connectivity index (χ2v) is 14.2. The topological polar surface area (TPSA) is 87.1 Å². The maximum Gasteiger partial charge on any atom is 0.320 e. The first kappa shape index (κ1) is 30.4. The maximum atomic E-state index is 12.7. The van der Waals surface area contributed by atoms with E-state index in [0.717, 1.165) is 44.9 Å². The Morgan fingerprint density at radius 2 is 1.74 bits per heavy atom. The molecule has 0 radical (unpaired) electrons. The molecule has 4 aliphatic rings. The molecule has 0 aromatic carbocycles. The number of alkyl halides is 2. The van der Waals surface area contributed by atoms with Gasteiger partial charge in [0.05, 0.1) is 12.6 Å². The highest BCUT2D eigenvalue weighted by molar-refractivity contribution is 6.18. The molecule has 0 unspecified atom stereocenters. The van der Waals surface area contributed by atoms with Crippen LogP contribution in [0.2, 0.25) is 0 Å². The maximum absolute atomic E-state index is 12.7. The van der Waals surface area contributed by atoms with Crippen LogP contribution in [-0.2, 0) is 14.3 Å². The van der Waals surface area contributed by atoms with E-state index in [2.05, 4.69) is 20.8 Å². The van der Waals surface area contributed by atoms with E-state index in [1.807, 2.05) is 4.90 Å². The van der Waals surface area contributed by atoms with Crippen LogP contribution in [0.3, 0.4) is 0 Å². The van der Waals surface area contributed by atoms with E-state index in [9.17, 15) is 19.8 Å². The third-order valence-corrected chi connectivity index (χ3v) is 12.1. The minimum absolute atomic E-state index is 0.0318. The third-order valence-electron chi connectivity index (χ3n) is 11.7. The zero-order valence-corrected chi connectivity index (χ0v) is 25.1. The van der Waals surface area contributed by atoms with Crippen molar-refractivity contribution in [2.75, 3.05) is 31.4 Å². The van der Waals surface area contributed by atoms with Crippen molar-refractivity contribution < 1.29 is 24.5 Å². The molecular formula is C30H49Cl2NO5. The monoisotopic (exact) mass is 573 g/mol. The number of hydrogen-bond donors (Lipinski definition) is 2. The van der Waals surface area contributed by atoms with Gasteiger partial charge in [0.15, 0.2) is 0 Å². The van der Waals surface area contributed by atoms with Crippen LogP contribution in [0.25, 0.3) is 0 Å². The van der Waals surface area contributed by atoms with Gasteiger partial charge in [0.25, 0.3) is 0 Å². The molecule has 6 nitrogen and oxygen atoms in total. The fraction of sp³-hybridized carbons (Fsp3) is 0.933. The first-order valence-electron chi connectivity index (χ1n) is 15.0. The average molecular weight is 575 g/mol. The summed E-state index contributed by atoms with van der Waals surface area (Å²) in [6, 6.07) is 0. The fourth-order valence-corrected chi connectivity index (χ4v) is 10.2. The first-order chi connectivity index (χ1) is 18.0. The second kappa shape index (κ2) is 12.5. The Morgan fingerprint density at radius 1 is 1.03 bits per heavy atom. The Bertz CT molecular complexity index is 837. The predicted molar refractivity (Wildman–Crippen MR) is 150 cm³/mol. The van der Waals surface area contributed by atoms with Crippen molar-refractivity contribution in [1.82, 2.24) is 4.90 Å². The molecule has 0 aromatic heterocycles. The zero-order chi connectivity index (χ0) is 27.7. The van der Waals surface area contributed by atoms with Crippen LogP contribution >= 0.6 is 23.2 Å². The summed E-state index contributed by atoms with van der Waals surface area (Å²) in [5.41, 5.74) is 0.0530. The highest BCUT2D eigenvalue weighted by Gasteiger charge is 2.63. The molecule has 0 bridgehead atoms. The van der Waals surface area contributed by atoms with E-state index >= 15 is 0 Å². The number of aliphatic hydroxyl groups excluding tert-OH is 1. The number of fused-ring (bicyclic) bond motifs is 5. The number of carboxylic acids is 1. The molecule has 4 aliphatic carbocycles. The normalized spacial score (nSPS) is 41.2. The Hall–Kier alpha value is -0.560. The Morgan fingerprint density at radius 3 is 2.39 bits per heavy atom. The van der Waals surface area contributed by atoms with Crippen LogP contribution in [0, 0.1) is 46.3 Å². The lowest BCUT2D eigenvalue weighted by Crippen LogP contribution is -2.59. The lowest BCUT2D eigenvalue weighted by molar-refractivity contribution is -0.182. The molecule has 10 atom stereocenters. The molecule has 4 fully saturated rings. The van der Waals surface area contributed by atoms with Crippen molar-refractivity contribution in [1.29, 1.82) is 0 Å². The fourth-order valence-electron chi connectivity index (χ4n) is 9.72. The van der Waals surface area contributed by atoms with Crippen molar-refractivity contribution in [3.8, 4) is 0 Å². The van der Waals surface area contributed by atoms with E-state index in [0.29, 0.717) is 66.8 Å². The van der Waals surface area contributed by atoms with Gasteiger partial charge < -0.3 is 14.9 Å². The predicted octanol–water partition coefficient (Wildman–Crippen LogP) is 5.81. The largest absolute Gasteiger partial charge is 0.481 e. The number of carboxylic acid groups (broad SMARTS) is 1. The number of rotatable bonds is 11. The van der Waals surface area contributed by atoms with E-state index in [1.54, 1.807) is 0 Å². The molecule has 4 rings (SSSR count). The highest BCUT2D eigenvalue weighted by atomic mass is 35.5. The molecule has 8 heteroatoms. The molecular weight excluding hydrogens is 525 g/mol. The standard InChI is InChI=1S/C30H49Cl2NO5/c1-19(4-9-27(35)36)23-7-8-24-22-6-5-20-16-21(38-28(37)18-33(14-12-31)15-13-32)10-11-29(20,2)25(22)17-26(34)30(23,24)3/h19-26,34H,4-18H2,1-3H3,(H,35,36)/t19-,20-,21-,22+,23-,24+,25+,26+,29+,30-/m1/s1. The van der Waals surface area contributed by atoms with Crippen LogP contribution in [0.5, 0.6) is 0 Å². The smallest absolute Gasteiger partial charge is 0.320 e. The van der Waals surface area contributed by atoms with Gasteiger partial charge in [-0.2, -0.15) is 0 Å². The van der Waals surface area contributed by atoms with Gasteiger partial charge in [-0.25, -0.2) is 0 Å². The van der Waals surface area contributed by atoms with Crippen LogP contribution < -0.4 is 0 Å². The molecule has 0 amide bonds. The lowest BCUT2D eigenvalue weighted by atomic mass is 9.43. The minimum atomic E-state index is -0.726. The quantitative estimate of drug-likeness (QED) is 0.239. The van der Waals surface area contributed by atoms with Gasteiger partial charge in [0.2, 0.25) is 0 Å². The Kier molecular flexibility index (Phi) is 10.0. The summed E-state index contributed by atoms with van der Waals surface area (Å²) in [7, 11) is 0. The van der Waals surface area contributed by atoms with E-state index in [-0.39, 0.29) is 42.0 Å². The van der Waals surface area contributed by atoms with Crippen LogP contribution in [0.15, 0.2) is 0 Å². The van der Waals surface area contributed by atoms with Crippen LogP contribution in [-0.4, -0.2) is 70.7 Å². The van der Waals surface area contributed by atoms with E-state index in [4.69, 9.17) is 27.9 Å². The van der Waals surface area contributed by atoms with Gasteiger partial charge in [-0.3, -0.25) is 14.5 Å². The molecule has 0 saturated heterocycles. The van der Waals surface area contributed by atoms with Gasteiger partial charge >= 0.3 is 11.9 Å². The number of esters is 1. The minimum Gasteiger partial charge on any atom is -0.481 e. The zero-order valence-electron chi connectivity index (χ0n) is 23.5. The summed E-state index contributed by atoms with van der Waals surface area (Å²) in [6.45, 7) is 8.45. The van der Waals surface area contributed by atoms with Crippen molar-refractivity contribution in [3.63, 3.8) is 0 Å². The van der Waals surface area contributed by atoms with Gasteiger partial charge in [0.1, 0.15) is 6.10 Å². The summed E-state index contributed by atoms with van der Waals surface area (Å²) < 4.78 is 5.97. The molecule has 0 heterocycles. The van der Waals surface area contributed by atoms with E-state index in [1.165, 1.54) is 6.42 Å². The Labute approximate surface area is 239 Å². The molecule has 0 aromatic rings. The number of nitrogens with zero attached hydrogens (tertiary/aromatic N) is 1. The second-order valence-electron chi connectivity index (χ2n) is 13.4. The molecule has 218 valence electrons. The number of aliphatic hydroxyl groups is 1. The number of aliphatic carboxylic acids is 1. The van der Waals surface area contributed by atoms with Gasteiger partial charge in [-0.15, -0.1) is 23.2 Å². The highest BCUT2D eigenvalue weighted by Crippen LogP contribution is 2.68. The number of hydrogen-bond acceptors (Lipinski definition) is 5. The van der Waals surface area contributed by atoms with Crippen LogP contribution in [0.4, 0.5) is 0 Å². The van der Waals surface area contributed by atoms with E-state index < -0.39 is 5.97 Å². The molecule has 0 aliphatic heterocycles. The Balaban J connectivity index is 1.40. The number of ether oxygens (including phenoxy) is 1. The summed E-state index contributed by atoms with van der Waals surface area (Å²) in [6.07, 6.45) is 8.84. The molecule has 4 saturated carbocycles. The van der Waals surface area contributed by atoms with Crippen molar-refractivity contribution in [2.45, 2.75) is 97.2 Å². The van der Waals surface area contributed by atoms with Gasteiger partial charge in [0, 0.05) is 31.3 Å². The summed E-state index contributed by atoms with van der Waals surface area (Å²) >= 11 is 11.8. The summed E-state index contributed by atoms with van der Waals surface area (Å²) in [5, 5.41) is 20.9. The summed E-state index contributed by atoms with van der Waals surface area (Å²) in [5.74, 6) is 2.88.